The fourth-order valence-corrected chi connectivity index (χ4v) is 3.16. The molecule has 0 aromatic heterocycles. The molecular formula is C21H23N3O2. The number of rotatable bonds is 6. The van der Waals surface area contributed by atoms with E-state index in [1.807, 2.05) is 30.3 Å². The zero-order valence-corrected chi connectivity index (χ0v) is 14.6. The van der Waals surface area contributed by atoms with E-state index in [4.69, 9.17) is 0 Å². The molecule has 3 rings (SSSR count). The van der Waals surface area contributed by atoms with E-state index in [1.54, 1.807) is 30.3 Å². The molecule has 3 N–H and O–H groups in total. The third-order valence-electron chi connectivity index (χ3n) is 4.78. The van der Waals surface area contributed by atoms with Crippen LogP contribution in [0.25, 0.3) is 0 Å². The number of hydrogen-bond acceptors (Lipinski definition) is 2. The van der Waals surface area contributed by atoms with Gasteiger partial charge in [0.15, 0.2) is 0 Å². The van der Waals surface area contributed by atoms with Gasteiger partial charge in [-0.2, -0.15) is 0 Å². The van der Waals surface area contributed by atoms with Gasteiger partial charge >= 0.3 is 6.03 Å². The highest BCUT2D eigenvalue weighted by molar-refractivity contribution is 6.00. The van der Waals surface area contributed by atoms with Crippen LogP contribution in [0.5, 0.6) is 0 Å². The first-order valence-corrected chi connectivity index (χ1v) is 8.77. The SMILES string of the molecule is C=CCNC(=O)Nc1ccc(NC(=O)C2(c3ccccc3)CCC2)cc1. The van der Waals surface area contributed by atoms with Crippen LogP contribution in [0.4, 0.5) is 16.2 Å². The molecule has 3 amide bonds. The van der Waals surface area contributed by atoms with Crippen molar-refractivity contribution in [1.29, 1.82) is 0 Å². The molecule has 2 aromatic carbocycles. The number of urea groups is 1. The van der Waals surface area contributed by atoms with Gasteiger partial charge in [0.05, 0.1) is 5.41 Å². The summed E-state index contributed by atoms with van der Waals surface area (Å²) >= 11 is 0. The third kappa shape index (κ3) is 3.77. The molecule has 1 aliphatic carbocycles. The van der Waals surface area contributed by atoms with Gasteiger partial charge in [-0.1, -0.05) is 42.8 Å². The second-order valence-electron chi connectivity index (χ2n) is 6.46. The maximum absolute atomic E-state index is 12.9. The van der Waals surface area contributed by atoms with Crippen LogP contribution in [-0.4, -0.2) is 18.5 Å². The highest BCUT2D eigenvalue weighted by Crippen LogP contribution is 2.44. The molecule has 0 atom stereocenters. The van der Waals surface area contributed by atoms with Gasteiger partial charge in [0.25, 0.3) is 0 Å². The van der Waals surface area contributed by atoms with Crippen molar-refractivity contribution < 1.29 is 9.59 Å². The molecule has 2 aromatic rings. The molecule has 0 bridgehead atoms. The van der Waals surface area contributed by atoms with Crippen LogP contribution in [-0.2, 0) is 10.2 Å². The summed E-state index contributed by atoms with van der Waals surface area (Å²) in [6.45, 7) is 3.95. The molecule has 1 saturated carbocycles. The summed E-state index contributed by atoms with van der Waals surface area (Å²) in [4.78, 5) is 24.5. The van der Waals surface area contributed by atoms with E-state index < -0.39 is 5.41 Å². The van der Waals surface area contributed by atoms with Crippen molar-refractivity contribution in [2.24, 2.45) is 0 Å². The highest BCUT2D eigenvalue weighted by Gasteiger charge is 2.45. The van der Waals surface area contributed by atoms with E-state index in [9.17, 15) is 9.59 Å². The molecule has 0 radical (unpaired) electrons. The quantitative estimate of drug-likeness (QED) is 0.689. The number of carbonyl (C=O) groups excluding carboxylic acids is 2. The topological polar surface area (TPSA) is 70.2 Å². The van der Waals surface area contributed by atoms with Crippen molar-refractivity contribution in [3.05, 3.63) is 72.8 Å². The Balaban J connectivity index is 1.64. The van der Waals surface area contributed by atoms with E-state index in [2.05, 4.69) is 22.5 Å². The third-order valence-corrected chi connectivity index (χ3v) is 4.78. The van der Waals surface area contributed by atoms with Gasteiger partial charge in [-0.05, 0) is 42.7 Å². The van der Waals surface area contributed by atoms with Crippen LogP contribution < -0.4 is 16.0 Å². The van der Waals surface area contributed by atoms with Crippen LogP contribution in [0.3, 0.4) is 0 Å². The number of nitrogens with one attached hydrogen (secondary N) is 3. The van der Waals surface area contributed by atoms with Gasteiger partial charge < -0.3 is 16.0 Å². The van der Waals surface area contributed by atoms with Crippen molar-refractivity contribution in [3.8, 4) is 0 Å². The molecule has 0 unspecified atom stereocenters. The Kier molecular flexibility index (Phi) is 5.37. The fraction of sp³-hybridized carbons (Fsp3) is 0.238. The Bertz CT molecular complexity index is 781. The van der Waals surface area contributed by atoms with Crippen molar-refractivity contribution in [2.75, 3.05) is 17.2 Å². The Morgan fingerprint density at radius 1 is 0.962 bits per heavy atom. The summed E-state index contributed by atoms with van der Waals surface area (Å²) in [5.41, 5.74) is 2.02. The first-order chi connectivity index (χ1) is 12.6. The largest absolute Gasteiger partial charge is 0.334 e. The molecule has 26 heavy (non-hydrogen) atoms. The standard InChI is InChI=1S/C21H23N3O2/c1-2-15-22-20(26)24-18-11-9-17(10-12-18)23-19(25)21(13-6-14-21)16-7-4-3-5-8-16/h2-5,7-12H,1,6,13-15H2,(H,23,25)(H2,22,24,26). The highest BCUT2D eigenvalue weighted by atomic mass is 16.2. The van der Waals surface area contributed by atoms with E-state index in [0.29, 0.717) is 17.9 Å². The molecule has 134 valence electrons. The lowest BCUT2D eigenvalue weighted by molar-refractivity contribution is -0.124. The minimum absolute atomic E-state index is 0.0272. The van der Waals surface area contributed by atoms with Gasteiger partial charge in [-0.15, -0.1) is 6.58 Å². The van der Waals surface area contributed by atoms with Crippen molar-refractivity contribution in [1.82, 2.24) is 5.32 Å². The molecule has 0 saturated heterocycles. The van der Waals surface area contributed by atoms with Crippen molar-refractivity contribution in [2.45, 2.75) is 24.7 Å². The first kappa shape index (κ1) is 17.7. The van der Waals surface area contributed by atoms with Gasteiger partial charge in [0.1, 0.15) is 0 Å². The summed E-state index contributed by atoms with van der Waals surface area (Å²) in [6, 6.07) is 16.8. The lowest BCUT2D eigenvalue weighted by Crippen LogP contribution is -2.45. The van der Waals surface area contributed by atoms with Crippen molar-refractivity contribution in [3.63, 3.8) is 0 Å². The average Bonchev–Trinajstić information content (AvgIpc) is 2.62. The zero-order chi connectivity index (χ0) is 18.4. The second-order valence-corrected chi connectivity index (χ2v) is 6.46. The van der Waals surface area contributed by atoms with Crippen molar-refractivity contribution >= 4 is 23.3 Å². The zero-order valence-electron chi connectivity index (χ0n) is 14.6. The molecule has 0 spiro atoms. The number of carbonyl (C=O) groups is 2. The number of benzene rings is 2. The Hall–Kier alpha value is -3.08. The summed E-state index contributed by atoms with van der Waals surface area (Å²) in [5.74, 6) is 0.0272. The number of anilines is 2. The van der Waals surface area contributed by atoms with Gasteiger partial charge in [0, 0.05) is 17.9 Å². The lowest BCUT2D eigenvalue weighted by Gasteiger charge is -2.40. The van der Waals surface area contributed by atoms with Crippen LogP contribution in [0.15, 0.2) is 67.3 Å². The molecule has 1 fully saturated rings. The maximum atomic E-state index is 12.9. The molecule has 0 aliphatic heterocycles. The summed E-state index contributed by atoms with van der Waals surface area (Å²) in [5, 5.41) is 8.39. The van der Waals surface area contributed by atoms with E-state index in [-0.39, 0.29) is 11.9 Å². The molecule has 5 heteroatoms. The Labute approximate surface area is 153 Å². The number of amides is 3. The summed E-state index contributed by atoms with van der Waals surface area (Å²) in [7, 11) is 0. The van der Waals surface area contributed by atoms with Crippen LogP contribution in [0.1, 0.15) is 24.8 Å². The van der Waals surface area contributed by atoms with Gasteiger partial charge in [-0.3, -0.25) is 4.79 Å². The predicted molar refractivity (Wildman–Crippen MR) is 104 cm³/mol. The molecule has 5 nitrogen and oxygen atoms in total. The fourth-order valence-electron chi connectivity index (χ4n) is 3.16. The molecular weight excluding hydrogens is 326 g/mol. The van der Waals surface area contributed by atoms with E-state index in [1.165, 1.54) is 0 Å². The average molecular weight is 349 g/mol. The van der Waals surface area contributed by atoms with Crippen LogP contribution >= 0.6 is 0 Å². The smallest absolute Gasteiger partial charge is 0.319 e. The minimum atomic E-state index is -0.428. The maximum Gasteiger partial charge on any atom is 0.319 e. The number of hydrogen-bond donors (Lipinski definition) is 3. The summed E-state index contributed by atoms with van der Waals surface area (Å²) < 4.78 is 0. The lowest BCUT2D eigenvalue weighted by atomic mass is 9.64. The summed E-state index contributed by atoms with van der Waals surface area (Å²) in [6.07, 6.45) is 4.41. The van der Waals surface area contributed by atoms with E-state index >= 15 is 0 Å². The monoisotopic (exact) mass is 349 g/mol. The first-order valence-electron chi connectivity index (χ1n) is 8.77. The van der Waals surface area contributed by atoms with Gasteiger partial charge in [0.2, 0.25) is 5.91 Å². The van der Waals surface area contributed by atoms with Gasteiger partial charge in [-0.25, -0.2) is 4.79 Å². The van der Waals surface area contributed by atoms with Crippen LogP contribution in [0.2, 0.25) is 0 Å². The Morgan fingerprint density at radius 3 is 2.12 bits per heavy atom. The molecule has 1 aliphatic rings. The van der Waals surface area contributed by atoms with E-state index in [0.717, 1.165) is 24.8 Å². The normalized spacial score (nSPS) is 14.6. The Morgan fingerprint density at radius 2 is 1.58 bits per heavy atom. The minimum Gasteiger partial charge on any atom is -0.334 e. The predicted octanol–water partition coefficient (Wildman–Crippen LogP) is 4.05. The second kappa shape index (κ2) is 7.87. The molecule has 0 heterocycles. The van der Waals surface area contributed by atoms with Crippen LogP contribution in [0, 0.1) is 0 Å².